The molecule has 0 aliphatic heterocycles. The smallest absolute Gasteiger partial charge is 0.0546 e. The number of hydrogen-bond acceptors (Lipinski definition) is 1. The van der Waals surface area contributed by atoms with Crippen molar-refractivity contribution in [3.8, 4) is 22.3 Å². The Morgan fingerprint density at radius 2 is 1.07 bits per heavy atom. The van der Waals surface area contributed by atoms with Crippen LogP contribution in [-0.2, 0) is 5.41 Å². The van der Waals surface area contributed by atoms with Crippen LogP contribution < -0.4 is 4.90 Å². The van der Waals surface area contributed by atoms with E-state index in [1.54, 1.807) is 0 Å². The van der Waals surface area contributed by atoms with Crippen LogP contribution in [-0.4, -0.2) is 0 Å². The van der Waals surface area contributed by atoms with Crippen molar-refractivity contribution in [1.82, 2.24) is 0 Å². The van der Waals surface area contributed by atoms with Gasteiger partial charge in [-0.3, -0.25) is 0 Å². The van der Waals surface area contributed by atoms with Gasteiger partial charge in [0.2, 0.25) is 0 Å². The molecule has 0 aromatic heterocycles. The van der Waals surface area contributed by atoms with Crippen LogP contribution in [0.5, 0.6) is 0 Å². The predicted molar refractivity (Wildman–Crippen MR) is 184 cm³/mol. The summed E-state index contributed by atoms with van der Waals surface area (Å²) in [5, 5.41) is 5.00. The van der Waals surface area contributed by atoms with E-state index < -0.39 is 0 Å². The average molecular weight is 552 g/mol. The third-order valence-corrected chi connectivity index (χ3v) is 9.32. The highest BCUT2D eigenvalue weighted by Crippen LogP contribution is 2.52. The summed E-state index contributed by atoms with van der Waals surface area (Å²) in [7, 11) is 0. The molecule has 0 bridgehead atoms. The van der Waals surface area contributed by atoms with Gasteiger partial charge >= 0.3 is 0 Å². The Morgan fingerprint density at radius 3 is 1.88 bits per heavy atom. The lowest BCUT2D eigenvalue weighted by Gasteiger charge is -2.30. The molecule has 0 saturated carbocycles. The Kier molecular flexibility index (Phi) is 5.77. The van der Waals surface area contributed by atoms with Crippen molar-refractivity contribution in [3.05, 3.63) is 162 Å². The van der Waals surface area contributed by atoms with Crippen molar-refractivity contribution >= 4 is 38.6 Å². The zero-order valence-electron chi connectivity index (χ0n) is 24.8. The van der Waals surface area contributed by atoms with Crippen molar-refractivity contribution in [2.24, 2.45) is 0 Å². The average Bonchev–Trinajstić information content (AvgIpc) is 3.27. The van der Waals surface area contributed by atoms with E-state index in [9.17, 15) is 0 Å². The number of fused-ring (bicyclic) bond motifs is 5. The predicted octanol–water partition coefficient (Wildman–Crippen LogP) is 11.7. The second-order valence-electron chi connectivity index (χ2n) is 12.3. The molecule has 1 nitrogen and oxygen atoms in total. The Balaban J connectivity index is 1.44. The molecule has 0 unspecified atom stereocenters. The van der Waals surface area contributed by atoms with E-state index in [4.69, 9.17) is 0 Å². The van der Waals surface area contributed by atoms with Gasteiger partial charge in [0, 0.05) is 22.4 Å². The second kappa shape index (κ2) is 9.71. The van der Waals surface area contributed by atoms with Crippen LogP contribution in [0.15, 0.2) is 146 Å². The standard InChI is InChI=1S/C42H33N/c1-28-19-22-31(23-20-28)43(32-24-25-36-35-16-8-9-18-38(35)42(2,3)39(36)27-32)40-26-21-30-12-5-7-15-34(30)41(40)37-17-10-13-29-11-4-6-14-33(29)37/h4-27H,1-3H3. The zero-order chi connectivity index (χ0) is 29.1. The van der Waals surface area contributed by atoms with Crippen LogP contribution in [0.1, 0.15) is 30.5 Å². The Bertz CT molecular complexity index is 2160. The fraction of sp³-hybridized carbons (Fsp3) is 0.0952. The molecule has 0 heterocycles. The Morgan fingerprint density at radius 1 is 0.465 bits per heavy atom. The van der Waals surface area contributed by atoms with Gasteiger partial charge in [0.05, 0.1) is 5.69 Å². The summed E-state index contributed by atoms with van der Waals surface area (Å²) in [6.07, 6.45) is 0. The first-order valence-corrected chi connectivity index (χ1v) is 15.1. The summed E-state index contributed by atoms with van der Waals surface area (Å²) in [6.45, 7) is 6.87. The summed E-state index contributed by atoms with van der Waals surface area (Å²) in [4.78, 5) is 2.46. The number of nitrogens with zero attached hydrogens (tertiary/aromatic N) is 1. The normalized spacial score (nSPS) is 13.2. The highest BCUT2D eigenvalue weighted by molar-refractivity contribution is 6.11. The maximum absolute atomic E-state index is 2.46. The van der Waals surface area contributed by atoms with Gasteiger partial charge in [0.25, 0.3) is 0 Å². The molecule has 1 aliphatic carbocycles. The quantitative estimate of drug-likeness (QED) is 0.210. The van der Waals surface area contributed by atoms with Crippen LogP contribution in [0.4, 0.5) is 17.1 Å². The molecule has 7 aromatic rings. The number of benzene rings is 7. The Hall–Kier alpha value is -5.14. The molecule has 43 heavy (non-hydrogen) atoms. The largest absolute Gasteiger partial charge is 0.310 e. The van der Waals surface area contributed by atoms with E-state index in [2.05, 4.69) is 171 Å². The lowest BCUT2D eigenvalue weighted by atomic mass is 9.82. The van der Waals surface area contributed by atoms with Gasteiger partial charge in [-0.1, -0.05) is 135 Å². The van der Waals surface area contributed by atoms with Crippen molar-refractivity contribution in [1.29, 1.82) is 0 Å². The fourth-order valence-corrected chi connectivity index (χ4v) is 7.13. The molecule has 8 rings (SSSR count). The SMILES string of the molecule is Cc1ccc(N(c2ccc3c(c2)C(C)(C)c2ccccc2-3)c2ccc3ccccc3c2-c2cccc3ccccc23)cc1. The molecule has 0 saturated heterocycles. The van der Waals surface area contributed by atoms with Crippen molar-refractivity contribution in [2.45, 2.75) is 26.2 Å². The first kappa shape index (κ1) is 25.6. The molecule has 0 fully saturated rings. The van der Waals surface area contributed by atoms with Gasteiger partial charge < -0.3 is 4.90 Å². The zero-order valence-corrected chi connectivity index (χ0v) is 24.8. The summed E-state index contributed by atoms with van der Waals surface area (Å²) in [5.74, 6) is 0. The van der Waals surface area contributed by atoms with E-state index in [0.717, 1.165) is 5.69 Å². The lowest BCUT2D eigenvalue weighted by molar-refractivity contribution is 0.660. The maximum atomic E-state index is 2.46. The maximum Gasteiger partial charge on any atom is 0.0546 e. The van der Waals surface area contributed by atoms with Crippen LogP contribution in [0, 0.1) is 6.92 Å². The minimum atomic E-state index is -0.0806. The third kappa shape index (κ3) is 4.00. The van der Waals surface area contributed by atoms with Crippen molar-refractivity contribution in [2.75, 3.05) is 4.90 Å². The molecular formula is C42H33N. The first-order valence-electron chi connectivity index (χ1n) is 15.1. The summed E-state index contributed by atoms with van der Waals surface area (Å²) in [5.41, 5.74) is 12.6. The number of aryl methyl sites for hydroxylation is 1. The lowest BCUT2D eigenvalue weighted by Crippen LogP contribution is -2.17. The monoisotopic (exact) mass is 551 g/mol. The first-order chi connectivity index (χ1) is 21.0. The molecule has 0 N–H and O–H groups in total. The van der Waals surface area contributed by atoms with Gasteiger partial charge in [-0.25, -0.2) is 0 Å². The van der Waals surface area contributed by atoms with E-state index >= 15 is 0 Å². The van der Waals surface area contributed by atoms with Crippen LogP contribution in [0.3, 0.4) is 0 Å². The van der Waals surface area contributed by atoms with Gasteiger partial charge in [0.1, 0.15) is 0 Å². The molecule has 0 radical (unpaired) electrons. The van der Waals surface area contributed by atoms with Crippen LogP contribution in [0.25, 0.3) is 43.8 Å². The summed E-state index contributed by atoms with van der Waals surface area (Å²) >= 11 is 0. The number of hydrogen-bond donors (Lipinski definition) is 0. The van der Waals surface area contributed by atoms with Gasteiger partial charge in [-0.2, -0.15) is 0 Å². The minimum absolute atomic E-state index is 0.0806. The van der Waals surface area contributed by atoms with Gasteiger partial charge in [0.15, 0.2) is 0 Å². The molecule has 1 aliphatic rings. The molecule has 0 spiro atoms. The topological polar surface area (TPSA) is 3.24 Å². The summed E-state index contributed by atoms with van der Waals surface area (Å²) < 4.78 is 0. The van der Waals surface area contributed by atoms with E-state index in [-0.39, 0.29) is 5.41 Å². The van der Waals surface area contributed by atoms with Crippen LogP contribution >= 0.6 is 0 Å². The Labute approximate surface area is 253 Å². The molecule has 0 atom stereocenters. The van der Waals surface area contributed by atoms with Gasteiger partial charge in [-0.05, 0) is 86.6 Å². The minimum Gasteiger partial charge on any atom is -0.310 e. The number of rotatable bonds is 4. The van der Waals surface area contributed by atoms with Crippen LogP contribution in [0.2, 0.25) is 0 Å². The molecular weight excluding hydrogens is 518 g/mol. The highest BCUT2D eigenvalue weighted by atomic mass is 15.1. The van der Waals surface area contributed by atoms with Crippen molar-refractivity contribution in [3.63, 3.8) is 0 Å². The van der Waals surface area contributed by atoms with E-state index in [1.165, 1.54) is 71.9 Å². The molecule has 0 amide bonds. The van der Waals surface area contributed by atoms with Gasteiger partial charge in [-0.15, -0.1) is 0 Å². The number of anilines is 3. The fourth-order valence-electron chi connectivity index (χ4n) is 7.13. The second-order valence-corrected chi connectivity index (χ2v) is 12.3. The van der Waals surface area contributed by atoms with E-state index in [1.807, 2.05) is 0 Å². The molecule has 206 valence electrons. The molecule has 1 heteroatoms. The summed E-state index contributed by atoms with van der Waals surface area (Å²) in [6, 6.07) is 53.7. The third-order valence-electron chi connectivity index (χ3n) is 9.32. The molecule has 7 aromatic carbocycles. The van der Waals surface area contributed by atoms with Crippen molar-refractivity contribution < 1.29 is 0 Å². The van der Waals surface area contributed by atoms with E-state index in [0.29, 0.717) is 0 Å². The highest BCUT2D eigenvalue weighted by Gasteiger charge is 2.36.